The molecule has 2 aliphatic carbocycles. The zero-order chi connectivity index (χ0) is 16.4. The number of hydrogen-bond acceptors (Lipinski definition) is 4. The van der Waals surface area contributed by atoms with Gasteiger partial charge in [-0.25, -0.2) is 4.79 Å². The SMILES string of the molecule is CSc1nc(=O)[nH]c(C)c1C(=O)N1CC2[C@@H]3CC[C@@H](C3)[C@@]2(C)C1. The Kier molecular flexibility index (Phi) is 3.38. The molecule has 2 heterocycles. The number of amides is 1. The zero-order valence-electron chi connectivity index (χ0n) is 13.9. The first kappa shape index (κ1) is 15.2. The van der Waals surface area contributed by atoms with Crippen molar-refractivity contribution in [3.8, 4) is 0 Å². The van der Waals surface area contributed by atoms with E-state index in [2.05, 4.69) is 16.9 Å². The van der Waals surface area contributed by atoms with E-state index in [1.54, 1.807) is 6.92 Å². The molecule has 1 aromatic heterocycles. The summed E-state index contributed by atoms with van der Waals surface area (Å²) in [5, 5.41) is 0.543. The van der Waals surface area contributed by atoms with Gasteiger partial charge in [0.05, 0.1) is 5.56 Å². The number of nitrogens with zero attached hydrogens (tertiary/aromatic N) is 2. The molecule has 124 valence electrons. The number of likely N-dealkylation sites (tertiary alicyclic amines) is 1. The predicted molar refractivity (Wildman–Crippen MR) is 89.7 cm³/mol. The highest BCUT2D eigenvalue weighted by Gasteiger charge is 2.59. The van der Waals surface area contributed by atoms with Crippen LogP contribution in [0.1, 0.15) is 42.2 Å². The van der Waals surface area contributed by atoms with Crippen molar-refractivity contribution in [1.29, 1.82) is 0 Å². The van der Waals surface area contributed by atoms with Crippen LogP contribution in [0.5, 0.6) is 0 Å². The molecule has 1 saturated heterocycles. The van der Waals surface area contributed by atoms with E-state index in [-0.39, 0.29) is 11.6 Å². The normalized spacial score (nSPS) is 34.9. The molecule has 6 heteroatoms. The Morgan fingerprint density at radius 3 is 2.91 bits per heavy atom. The number of nitrogens with one attached hydrogen (secondary N) is 1. The van der Waals surface area contributed by atoms with Crippen molar-refractivity contribution in [1.82, 2.24) is 14.9 Å². The van der Waals surface area contributed by atoms with E-state index >= 15 is 0 Å². The largest absolute Gasteiger partial charge is 0.346 e. The van der Waals surface area contributed by atoms with Gasteiger partial charge in [-0.1, -0.05) is 6.92 Å². The fraction of sp³-hybridized carbons (Fsp3) is 0.706. The van der Waals surface area contributed by atoms with E-state index in [4.69, 9.17) is 0 Å². The molecule has 1 N–H and O–H groups in total. The lowest BCUT2D eigenvalue weighted by molar-refractivity contribution is 0.0754. The minimum atomic E-state index is -0.383. The van der Waals surface area contributed by atoms with Crippen LogP contribution in [0.2, 0.25) is 0 Å². The number of rotatable bonds is 2. The summed E-state index contributed by atoms with van der Waals surface area (Å²) in [6.45, 7) is 5.88. The van der Waals surface area contributed by atoms with Crippen LogP contribution in [0.25, 0.3) is 0 Å². The second kappa shape index (κ2) is 5.10. The first-order valence-electron chi connectivity index (χ1n) is 8.38. The highest BCUT2D eigenvalue weighted by Crippen LogP contribution is 2.62. The third kappa shape index (κ3) is 2.10. The Hall–Kier alpha value is -1.30. The molecule has 1 amide bonds. The molecule has 2 bridgehead atoms. The lowest BCUT2D eigenvalue weighted by Gasteiger charge is -2.34. The standard InChI is InChI=1S/C17H23N3O2S/c1-9-13(14(23-3)19-16(22)18-9)15(21)20-7-12-10-4-5-11(6-10)17(12,2)8-20/h10-12H,4-8H2,1-3H3,(H,18,19,22)/t10-,11+,12?,17-/m1/s1. The van der Waals surface area contributed by atoms with Gasteiger partial charge in [0.25, 0.3) is 5.91 Å². The number of aromatic nitrogens is 2. The fourth-order valence-electron chi connectivity index (χ4n) is 5.41. The molecule has 2 saturated carbocycles. The van der Waals surface area contributed by atoms with Crippen LogP contribution in [-0.4, -0.2) is 40.1 Å². The molecule has 3 aliphatic rings. The van der Waals surface area contributed by atoms with Crippen molar-refractivity contribution < 1.29 is 4.79 Å². The molecule has 3 fully saturated rings. The van der Waals surface area contributed by atoms with Crippen molar-refractivity contribution in [2.75, 3.05) is 19.3 Å². The molecular weight excluding hydrogens is 310 g/mol. The number of thioether (sulfide) groups is 1. The summed E-state index contributed by atoms with van der Waals surface area (Å²) in [6, 6.07) is 0. The monoisotopic (exact) mass is 333 g/mol. The summed E-state index contributed by atoms with van der Waals surface area (Å²) in [5.74, 6) is 2.27. The smallest absolute Gasteiger partial charge is 0.338 e. The van der Waals surface area contributed by atoms with Crippen LogP contribution in [0, 0.1) is 30.1 Å². The summed E-state index contributed by atoms with van der Waals surface area (Å²) < 4.78 is 0. The number of carbonyl (C=O) groups excluding carboxylic acids is 1. The van der Waals surface area contributed by atoms with Gasteiger partial charge >= 0.3 is 5.69 Å². The Balaban J connectivity index is 1.66. The number of fused-ring (bicyclic) bond motifs is 5. The lowest BCUT2D eigenvalue weighted by atomic mass is 9.70. The van der Waals surface area contributed by atoms with E-state index in [0.717, 1.165) is 24.9 Å². The highest BCUT2D eigenvalue weighted by molar-refractivity contribution is 7.98. The quantitative estimate of drug-likeness (QED) is 0.666. The maximum Gasteiger partial charge on any atom is 0.346 e. The van der Waals surface area contributed by atoms with Gasteiger partial charge in [0.2, 0.25) is 0 Å². The maximum absolute atomic E-state index is 13.1. The van der Waals surface area contributed by atoms with Crippen LogP contribution >= 0.6 is 11.8 Å². The van der Waals surface area contributed by atoms with Gasteiger partial charge in [-0.2, -0.15) is 4.98 Å². The van der Waals surface area contributed by atoms with Crippen molar-refractivity contribution in [2.24, 2.45) is 23.2 Å². The van der Waals surface area contributed by atoms with Gasteiger partial charge in [0.1, 0.15) is 5.03 Å². The summed E-state index contributed by atoms with van der Waals surface area (Å²) in [5.41, 5.74) is 1.12. The van der Waals surface area contributed by atoms with Crippen molar-refractivity contribution in [3.63, 3.8) is 0 Å². The first-order valence-corrected chi connectivity index (χ1v) is 9.60. The highest BCUT2D eigenvalue weighted by atomic mass is 32.2. The van der Waals surface area contributed by atoms with Crippen LogP contribution in [0.15, 0.2) is 9.82 Å². The molecule has 0 radical (unpaired) electrons. The second-order valence-electron chi connectivity index (χ2n) is 7.62. The molecule has 0 spiro atoms. The zero-order valence-corrected chi connectivity index (χ0v) is 14.7. The third-order valence-corrected chi connectivity index (χ3v) is 7.23. The average Bonchev–Trinajstić information content (AvgIpc) is 3.16. The van der Waals surface area contributed by atoms with Gasteiger partial charge in [-0.3, -0.25) is 4.79 Å². The number of aromatic amines is 1. The lowest BCUT2D eigenvalue weighted by Crippen LogP contribution is -2.35. The number of carbonyl (C=O) groups is 1. The molecule has 1 unspecified atom stereocenters. The Morgan fingerprint density at radius 1 is 1.43 bits per heavy atom. The molecule has 1 aliphatic heterocycles. The average molecular weight is 333 g/mol. The van der Waals surface area contributed by atoms with Gasteiger partial charge in [0, 0.05) is 18.8 Å². The van der Waals surface area contributed by atoms with Gasteiger partial charge in [-0.05, 0) is 55.6 Å². The number of hydrogen-bond donors (Lipinski definition) is 1. The van der Waals surface area contributed by atoms with Crippen molar-refractivity contribution in [3.05, 3.63) is 21.7 Å². The summed E-state index contributed by atoms with van der Waals surface area (Å²) in [4.78, 5) is 33.4. The summed E-state index contributed by atoms with van der Waals surface area (Å²) in [7, 11) is 0. The van der Waals surface area contributed by atoms with Crippen LogP contribution in [-0.2, 0) is 0 Å². The van der Waals surface area contributed by atoms with E-state index in [0.29, 0.717) is 27.6 Å². The summed E-state index contributed by atoms with van der Waals surface area (Å²) in [6.07, 6.45) is 5.88. The fourth-order valence-corrected chi connectivity index (χ4v) is 6.03. The van der Waals surface area contributed by atoms with Crippen molar-refractivity contribution >= 4 is 17.7 Å². The first-order chi connectivity index (χ1) is 10.9. The van der Waals surface area contributed by atoms with Gasteiger partial charge < -0.3 is 9.88 Å². The minimum absolute atomic E-state index is 0.0330. The Labute approximate surface area is 140 Å². The van der Waals surface area contributed by atoms with E-state index in [1.165, 1.54) is 31.0 Å². The van der Waals surface area contributed by atoms with Crippen LogP contribution < -0.4 is 5.69 Å². The molecule has 4 atom stereocenters. The van der Waals surface area contributed by atoms with Crippen molar-refractivity contribution in [2.45, 2.75) is 38.1 Å². The minimum Gasteiger partial charge on any atom is -0.338 e. The molecule has 23 heavy (non-hydrogen) atoms. The Bertz CT molecular complexity index is 731. The van der Waals surface area contributed by atoms with E-state index < -0.39 is 0 Å². The maximum atomic E-state index is 13.1. The topological polar surface area (TPSA) is 66.1 Å². The van der Waals surface area contributed by atoms with E-state index in [1.807, 2.05) is 11.2 Å². The Morgan fingerprint density at radius 2 is 2.22 bits per heavy atom. The molecule has 1 aromatic rings. The second-order valence-corrected chi connectivity index (χ2v) is 8.41. The van der Waals surface area contributed by atoms with Gasteiger partial charge in [-0.15, -0.1) is 11.8 Å². The molecule has 0 aromatic carbocycles. The number of H-pyrrole nitrogens is 1. The van der Waals surface area contributed by atoms with E-state index in [9.17, 15) is 9.59 Å². The molecule has 4 rings (SSSR count). The third-order valence-electron chi connectivity index (χ3n) is 6.55. The van der Waals surface area contributed by atoms with Crippen LogP contribution in [0.4, 0.5) is 0 Å². The number of aryl methyl sites for hydroxylation is 1. The molecular formula is C17H23N3O2S. The predicted octanol–water partition coefficient (Wildman–Crippen LogP) is 2.31. The summed E-state index contributed by atoms with van der Waals surface area (Å²) >= 11 is 1.37. The van der Waals surface area contributed by atoms with Crippen LogP contribution in [0.3, 0.4) is 0 Å². The van der Waals surface area contributed by atoms with Gasteiger partial charge in [0.15, 0.2) is 0 Å². The molecule has 5 nitrogen and oxygen atoms in total.